The summed E-state index contributed by atoms with van der Waals surface area (Å²) in [6.07, 6.45) is 0. The van der Waals surface area contributed by atoms with Crippen molar-refractivity contribution in [3.63, 3.8) is 0 Å². The van der Waals surface area contributed by atoms with Gasteiger partial charge in [0.15, 0.2) is 0 Å². The molecule has 72 valence electrons. The molecule has 0 heterocycles. The summed E-state index contributed by atoms with van der Waals surface area (Å²) < 4.78 is 15.8. The summed E-state index contributed by atoms with van der Waals surface area (Å²) in [5, 5.41) is 0.108. The van der Waals surface area contributed by atoms with E-state index in [2.05, 4.69) is 4.74 Å². The Kier molecular flexibility index (Phi) is 5.13. The number of rotatable bonds is 4. The van der Waals surface area contributed by atoms with Crippen molar-refractivity contribution in [3.05, 3.63) is 0 Å². The van der Waals surface area contributed by atoms with E-state index in [1.807, 2.05) is 13.8 Å². The quantitative estimate of drug-likeness (QED) is 0.623. The first kappa shape index (κ1) is 11.6. The van der Waals surface area contributed by atoms with E-state index < -0.39 is 10.8 Å². The summed E-state index contributed by atoms with van der Waals surface area (Å²) in [7, 11) is 0.420. The van der Waals surface area contributed by atoms with E-state index >= 15 is 0 Å². The lowest BCUT2D eigenvalue weighted by Crippen LogP contribution is -2.22. The average molecular weight is 192 g/mol. The summed E-state index contributed by atoms with van der Waals surface area (Å²) in [5.74, 6) is -0.160. The van der Waals surface area contributed by atoms with Gasteiger partial charge in [0.1, 0.15) is 0 Å². The number of carbonyl (C=O) groups excluding carboxylic acids is 1. The van der Waals surface area contributed by atoms with Crippen LogP contribution in [0.25, 0.3) is 0 Å². The van der Waals surface area contributed by atoms with Crippen LogP contribution < -0.4 is 0 Å². The number of methoxy groups -OCH3 is 1. The Hall–Kier alpha value is -0.380. The van der Waals surface area contributed by atoms with Crippen molar-refractivity contribution in [2.45, 2.75) is 26.0 Å². The van der Waals surface area contributed by atoms with E-state index in [-0.39, 0.29) is 17.1 Å². The van der Waals surface area contributed by atoms with Gasteiger partial charge in [0.25, 0.3) is 0 Å². The molecule has 0 rings (SSSR count). The second-order valence-electron chi connectivity index (χ2n) is 3.02. The number of ether oxygens (including phenoxy) is 1. The Morgan fingerprint density at radius 3 is 2.25 bits per heavy atom. The lowest BCUT2D eigenvalue weighted by molar-refractivity contribution is -0.144. The first-order valence-electron chi connectivity index (χ1n) is 3.94. The zero-order valence-corrected chi connectivity index (χ0v) is 8.81. The van der Waals surface area contributed by atoms with E-state index in [1.54, 1.807) is 6.92 Å². The summed E-state index contributed by atoms with van der Waals surface area (Å²) in [5.41, 5.74) is 0. The van der Waals surface area contributed by atoms with Crippen LogP contribution in [0.1, 0.15) is 20.8 Å². The molecule has 0 aliphatic rings. The second-order valence-corrected chi connectivity index (χ2v) is 5.06. The highest BCUT2D eigenvalue weighted by molar-refractivity contribution is 7.85. The van der Waals surface area contributed by atoms with E-state index in [0.29, 0.717) is 5.75 Å². The van der Waals surface area contributed by atoms with Crippen molar-refractivity contribution >= 4 is 16.8 Å². The van der Waals surface area contributed by atoms with Crippen molar-refractivity contribution in [2.75, 3.05) is 12.9 Å². The molecular weight excluding hydrogens is 176 g/mol. The minimum atomic E-state index is -0.925. The van der Waals surface area contributed by atoms with Gasteiger partial charge in [0.05, 0.1) is 13.0 Å². The van der Waals surface area contributed by atoms with E-state index in [9.17, 15) is 9.00 Å². The van der Waals surface area contributed by atoms with Gasteiger partial charge >= 0.3 is 5.97 Å². The first-order chi connectivity index (χ1) is 5.49. The smallest absolute Gasteiger partial charge is 0.309 e. The third-order valence-electron chi connectivity index (χ3n) is 1.54. The van der Waals surface area contributed by atoms with Crippen LogP contribution in [-0.2, 0) is 20.3 Å². The van der Waals surface area contributed by atoms with Gasteiger partial charge in [0, 0.05) is 21.8 Å². The molecule has 2 unspecified atom stereocenters. The van der Waals surface area contributed by atoms with Crippen molar-refractivity contribution in [2.24, 2.45) is 5.92 Å². The first-order valence-corrected chi connectivity index (χ1v) is 5.32. The van der Waals surface area contributed by atoms with Crippen LogP contribution in [0.4, 0.5) is 0 Å². The number of esters is 1. The summed E-state index contributed by atoms with van der Waals surface area (Å²) >= 11 is 0. The maximum absolute atomic E-state index is 11.3. The third kappa shape index (κ3) is 3.85. The molecule has 0 amide bonds. The van der Waals surface area contributed by atoms with Crippen LogP contribution in [0.5, 0.6) is 0 Å². The second kappa shape index (κ2) is 5.30. The third-order valence-corrected chi connectivity index (χ3v) is 3.42. The van der Waals surface area contributed by atoms with Gasteiger partial charge in [0.2, 0.25) is 0 Å². The summed E-state index contributed by atoms with van der Waals surface area (Å²) in [4.78, 5) is 10.9. The standard InChI is InChI=1S/C8H16O3S/c1-6(2)12(10)5-7(3)8(9)11-4/h6-7H,5H2,1-4H3. The van der Waals surface area contributed by atoms with Gasteiger partial charge in [-0.25, -0.2) is 0 Å². The Balaban J connectivity index is 3.92. The summed E-state index contributed by atoms with van der Waals surface area (Å²) in [6.45, 7) is 5.48. The molecule has 0 aliphatic carbocycles. The van der Waals surface area contributed by atoms with Crippen molar-refractivity contribution in [1.29, 1.82) is 0 Å². The lowest BCUT2D eigenvalue weighted by Gasteiger charge is -2.10. The van der Waals surface area contributed by atoms with Gasteiger partial charge in [-0.1, -0.05) is 20.8 Å². The monoisotopic (exact) mass is 192 g/mol. The maximum Gasteiger partial charge on any atom is 0.309 e. The molecule has 4 heteroatoms. The Morgan fingerprint density at radius 1 is 1.42 bits per heavy atom. The van der Waals surface area contributed by atoms with Crippen LogP contribution in [0.3, 0.4) is 0 Å². The van der Waals surface area contributed by atoms with Crippen LogP contribution in [0.15, 0.2) is 0 Å². The fourth-order valence-electron chi connectivity index (χ4n) is 0.708. The van der Waals surface area contributed by atoms with Gasteiger partial charge in [-0.2, -0.15) is 0 Å². The highest BCUT2D eigenvalue weighted by Crippen LogP contribution is 2.04. The van der Waals surface area contributed by atoms with Crippen molar-refractivity contribution in [3.8, 4) is 0 Å². The Bertz CT molecular complexity index is 177. The van der Waals surface area contributed by atoms with Gasteiger partial charge in [-0.05, 0) is 0 Å². The van der Waals surface area contributed by atoms with Crippen LogP contribution in [0.2, 0.25) is 0 Å². The number of hydrogen-bond donors (Lipinski definition) is 0. The minimum absolute atomic E-state index is 0.108. The predicted octanol–water partition coefficient (Wildman–Crippen LogP) is 0.953. The molecule has 0 radical (unpaired) electrons. The normalized spacial score (nSPS) is 15.8. The molecular formula is C8H16O3S. The van der Waals surface area contributed by atoms with Gasteiger partial charge < -0.3 is 4.74 Å². The molecule has 0 saturated heterocycles. The fourth-order valence-corrected chi connectivity index (χ4v) is 1.72. The number of hydrogen-bond acceptors (Lipinski definition) is 3. The molecule has 12 heavy (non-hydrogen) atoms. The topological polar surface area (TPSA) is 43.4 Å². The Labute approximate surface area is 75.9 Å². The summed E-state index contributed by atoms with van der Waals surface area (Å²) in [6, 6.07) is 0. The van der Waals surface area contributed by atoms with Crippen LogP contribution >= 0.6 is 0 Å². The fraction of sp³-hybridized carbons (Fsp3) is 0.875. The average Bonchev–Trinajstić information content (AvgIpc) is 2.02. The van der Waals surface area contributed by atoms with E-state index in [0.717, 1.165) is 0 Å². The van der Waals surface area contributed by atoms with Crippen molar-refractivity contribution in [1.82, 2.24) is 0 Å². The highest BCUT2D eigenvalue weighted by Gasteiger charge is 2.17. The number of carbonyl (C=O) groups is 1. The van der Waals surface area contributed by atoms with E-state index in [4.69, 9.17) is 0 Å². The molecule has 3 nitrogen and oxygen atoms in total. The predicted molar refractivity (Wildman–Crippen MR) is 49.3 cm³/mol. The molecule has 0 aromatic carbocycles. The molecule has 0 bridgehead atoms. The molecule has 0 aliphatic heterocycles. The molecule has 0 fully saturated rings. The molecule has 0 aromatic heterocycles. The Morgan fingerprint density at radius 2 is 1.92 bits per heavy atom. The van der Waals surface area contributed by atoms with Crippen molar-refractivity contribution < 1.29 is 13.7 Å². The largest absolute Gasteiger partial charge is 0.469 e. The van der Waals surface area contributed by atoms with E-state index in [1.165, 1.54) is 7.11 Å². The van der Waals surface area contributed by atoms with Gasteiger partial charge in [-0.15, -0.1) is 0 Å². The molecule has 0 aromatic rings. The minimum Gasteiger partial charge on any atom is -0.469 e. The van der Waals surface area contributed by atoms with Gasteiger partial charge in [-0.3, -0.25) is 9.00 Å². The highest BCUT2D eigenvalue weighted by atomic mass is 32.2. The molecule has 2 atom stereocenters. The van der Waals surface area contributed by atoms with Crippen LogP contribution in [-0.4, -0.2) is 28.3 Å². The molecule has 0 spiro atoms. The maximum atomic E-state index is 11.3. The SMILES string of the molecule is COC(=O)C(C)CS(=O)C(C)C. The lowest BCUT2D eigenvalue weighted by atomic mass is 10.2. The molecule has 0 saturated carbocycles. The zero-order valence-electron chi connectivity index (χ0n) is 7.99. The molecule has 0 N–H and O–H groups in total. The van der Waals surface area contributed by atoms with Crippen LogP contribution in [0, 0.1) is 5.92 Å². The zero-order chi connectivity index (χ0) is 9.72.